The Balaban J connectivity index is 2.27. The molecule has 7 heteroatoms. The number of ether oxygens (including phenoxy) is 1. The van der Waals surface area contributed by atoms with Gasteiger partial charge in [-0.2, -0.15) is 5.10 Å². The van der Waals surface area contributed by atoms with Crippen molar-refractivity contribution >= 4 is 33.2 Å². The Hall–Kier alpha value is -1.58. The second-order valence-electron chi connectivity index (χ2n) is 5.52. The van der Waals surface area contributed by atoms with Crippen molar-refractivity contribution in [2.24, 2.45) is 7.05 Å². The molecule has 1 aromatic heterocycles. The average Bonchev–Trinajstić information content (AvgIpc) is 3.10. The molecule has 114 valence electrons. The molecule has 4 nitrogen and oxygen atoms in total. The fourth-order valence-corrected chi connectivity index (χ4v) is 2.97. The highest BCUT2D eigenvalue weighted by atomic mass is 79.9. The lowest BCUT2D eigenvalue weighted by atomic mass is 10.1. The highest BCUT2D eigenvalue weighted by Crippen LogP contribution is 2.49. The molecular weight excluding hydrogens is 373 g/mol. The van der Waals surface area contributed by atoms with Crippen LogP contribution in [0.25, 0.3) is 16.1 Å². The highest BCUT2D eigenvalue weighted by molar-refractivity contribution is 9.10. The van der Waals surface area contributed by atoms with Crippen LogP contribution in [-0.4, -0.2) is 15.4 Å². The fourth-order valence-electron chi connectivity index (χ4n) is 2.23. The number of nitrogens with zero attached hydrogens (tertiary/aromatic N) is 3. The smallest absolute Gasteiger partial charge is 0.240 e. The minimum absolute atomic E-state index is 0.0743. The molecule has 0 saturated heterocycles. The molecule has 0 aliphatic heterocycles. The summed E-state index contributed by atoms with van der Waals surface area (Å²) in [5.41, 5.74) is 0.381. The van der Waals surface area contributed by atoms with Gasteiger partial charge in [-0.25, -0.2) is 9.24 Å². The van der Waals surface area contributed by atoms with Gasteiger partial charge in [0.15, 0.2) is 0 Å². The van der Waals surface area contributed by atoms with Crippen LogP contribution >= 0.6 is 27.5 Å². The van der Waals surface area contributed by atoms with Gasteiger partial charge in [0.25, 0.3) is 0 Å². The van der Waals surface area contributed by atoms with E-state index < -0.39 is 5.82 Å². The van der Waals surface area contributed by atoms with Crippen molar-refractivity contribution in [3.05, 3.63) is 39.0 Å². The summed E-state index contributed by atoms with van der Waals surface area (Å²) in [7, 11) is 1.68. The van der Waals surface area contributed by atoms with E-state index in [4.69, 9.17) is 22.9 Å². The molecule has 1 aromatic carbocycles. The lowest BCUT2D eigenvalue weighted by Gasteiger charge is -2.18. The quantitative estimate of drug-likeness (QED) is 0.687. The Kier molecular flexibility index (Phi) is 3.66. The van der Waals surface area contributed by atoms with Crippen LogP contribution in [-0.2, 0) is 7.05 Å². The minimum atomic E-state index is -0.648. The van der Waals surface area contributed by atoms with Crippen molar-refractivity contribution in [2.75, 3.05) is 0 Å². The first-order valence-electron chi connectivity index (χ1n) is 6.62. The number of aryl methyl sites for hydroxylation is 1. The Labute approximate surface area is 140 Å². The van der Waals surface area contributed by atoms with E-state index >= 15 is 0 Å². The molecule has 1 aliphatic rings. The Morgan fingerprint density at radius 1 is 1.55 bits per heavy atom. The Bertz CT molecular complexity index is 789. The predicted octanol–water partition coefficient (Wildman–Crippen LogP) is 5.12. The molecule has 3 rings (SSSR count). The SMILES string of the molecule is [C-]#[N+]c1c(OC2(C)CC2)cc(Cl)c(F)c1-c1c(Br)cnn1C. The molecule has 0 atom stereocenters. The van der Waals surface area contributed by atoms with Gasteiger partial charge in [0.1, 0.15) is 17.2 Å². The normalized spacial score (nSPS) is 15.5. The first-order chi connectivity index (χ1) is 10.4. The molecule has 0 unspecified atom stereocenters. The molecule has 1 fully saturated rings. The Morgan fingerprint density at radius 3 is 2.73 bits per heavy atom. The summed E-state index contributed by atoms with van der Waals surface area (Å²) < 4.78 is 22.6. The number of aromatic nitrogens is 2. The van der Waals surface area contributed by atoms with Crippen molar-refractivity contribution in [1.29, 1.82) is 0 Å². The van der Waals surface area contributed by atoms with Crippen LogP contribution in [0.15, 0.2) is 16.7 Å². The molecule has 0 amide bonds. The van der Waals surface area contributed by atoms with E-state index in [0.29, 0.717) is 15.9 Å². The molecule has 1 saturated carbocycles. The molecule has 0 bridgehead atoms. The maximum atomic E-state index is 14.6. The third-order valence-corrected chi connectivity index (χ3v) is 4.57. The van der Waals surface area contributed by atoms with Gasteiger partial charge in [0.2, 0.25) is 5.69 Å². The van der Waals surface area contributed by atoms with Crippen LogP contribution in [0, 0.1) is 12.4 Å². The van der Waals surface area contributed by atoms with Crippen LogP contribution in [0.3, 0.4) is 0 Å². The Morgan fingerprint density at radius 2 is 2.23 bits per heavy atom. The summed E-state index contributed by atoms with van der Waals surface area (Å²) >= 11 is 9.35. The molecule has 2 aromatic rings. The summed E-state index contributed by atoms with van der Waals surface area (Å²) in [4.78, 5) is 3.49. The van der Waals surface area contributed by atoms with E-state index in [0.717, 1.165) is 12.8 Å². The summed E-state index contributed by atoms with van der Waals surface area (Å²) in [6.07, 6.45) is 3.36. The molecule has 1 aliphatic carbocycles. The van der Waals surface area contributed by atoms with Crippen LogP contribution in [0.4, 0.5) is 10.1 Å². The lowest BCUT2D eigenvalue weighted by Crippen LogP contribution is -2.12. The molecule has 0 N–H and O–H groups in total. The zero-order valence-corrected chi connectivity index (χ0v) is 14.3. The standard InChI is InChI=1S/C15H12BrClFN3O/c1-15(4-5-15)22-10-6-9(17)12(18)11(13(10)19-2)14-8(16)7-20-21(14)3/h6-7H,4-5H2,1,3H3. The monoisotopic (exact) mass is 383 g/mol. The van der Waals surface area contributed by atoms with Gasteiger partial charge in [-0.3, -0.25) is 4.68 Å². The average molecular weight is 385 g/mol. The topological polar surface area (TPSA) is 31.4 Å². The van der Waals surface area contributed by atoms with E-state index in [1.807, 2.05) is 6.92 Å². The predicted molar refractivity (Wildman–Crippen MR) is 85.8 cm³/mol. The summed E-state index contributed by atoms with van der Waals surface area (Å²) in [6, 6.07) is 1.38. The van der Waals surface area contributed by atoms with Crippen LogP contribution in [0.5, 0.6) is 5.75 Å². The van der Waals surface area contributed by atoms with Crippen molar-refractivity contribution in [1.82, 2.24) is 9.78 Å². The van der Waals surface area contributed by atoms with Crippen LogP contribution in [0.2, 0.25) is 5.02 Å². The fraction of sp³-hybridized carbons (Fsp3) is 0.333. The van der Waals surface area contributed by atoms with Gasteiger partial charge in [0.05, 0.1) is 28.0 Å². The van der Waals surface area contributed by atoms with Crippen molar-refractivity contribution in [3.63, 3.8) is 0 Å². The van der Waals surface area contributed by atoms with E-state index in [1.54, 1.807) is 13.2 Å². The zero-order chi connectivity index (χ0) is 16.1. The van der Waals surface area contributed by atoms with E-state index in [-0.39, 0.29) is 21.9 Å². The molecule has 22 heavy (non-hydrogen) atoms. The maximum Gasteiger partial charge on any atom is 0.240 e. The first-order valence-corrected chi connectivity index (χ1v) is 7.80. The second kappa shape index (κ2) is 5.25. The van der Waals surface area contributed by atoms with Gasteiger partial charge in [0, 0.05) is 12.6 Å². The number of hydrogen-bond donors (Lipinski definition) is 0. The number of benzene rings is 1. The van der Waals surface area contributed by atoms with Gasteiger partial charge < -0.3 is 4.74 Å². The molecule has 0 spiro atoms. The molecule has 0 radical (unpaired) electrons. The van der Waals surface area contributed by atoms with Gasteiger partial charge >= 0.3 is 0 Å². The molecule has 1 heterocycles. The van der Waals surface area contributed by atoms with E-state index in [2.05, 4.69) is 25.9 Å². The minimum Gasteiger partial charge on any atom is -0.499 e. The van der Waals surface area contributed by atoms with Crippen LogP contribution < -0.4 is 4.74 Å². The number of rotatable bonds is 3. The number of hydrogen-bond acceptors (Lipinski definition) is 2. The largest absolute Gasteiger partial charge is 0.499 e. The summed E-state index contributed by atoms with van der Waals surface area (Å²) in [5.74, 6) is -0.338. The third-order valence-electron chi connectivity index (χ3n) is 3.71. The van der Waals surface area contributed by atoms with Gasteiger partial charge in [-0.05, 0) is 41.8 Å². The van der Waals surface area contributed by atoms with E-state index in [1.165, 1.54) is 10.7 Å². The lowest BCUT2D eigenvalue weighted by molar-refractivity contribution is 0.202. The maximum absolute atomic E-state index is 14.6. The van der Waals surface area contributed by atoms with Gasteiger partial charge in [-0.15, -0.1) is 0 Å². The number of halogens is 3. The first kappa shape index (κ1) is 15.3. The van der Waals surface area contributed by atoms with Crippen molar-refractivity contribution < 1.29 is 9.13 Å². The zero-order valence-electron chi connectivity index (χ0n) is 12.0. The van der Waals surface area contributed by atoms with Crippen LogP contribution in [0.1, 0.15) is 19.8 Å². The second-order valence-corrected chi connectivity index (χ2v) is 6.78. The van der Waals surface area contributed by atoms with Gasteiger partial charge in [-0.1, -0.05) is 11.6 Å². The van der Waals surface area contributed by atoms with Crippen molar-refractivity contribution in [3.8, 4) is 17.0 Å². The molecular formula is C15H12BrClFN3O. The van der Waals surface area contributed by atoms with E-state index in [9.17, 15) is 4.39 Å². The summed E-state index contributed by atoms with van der Waals surface area (Å²) in [6.45, 7) is 9.41. The summed E-state index contributed by atoms with van der Waals surface area (Å²) in [5, 5.41) is 4.00. The highest BCUT2D eigenvalue weighted by Gasteiger charge is 2.41. The third kappa shape index (κ3) is 2.49. The van der Waals surface area contributed by atoms with Crippen molar-refractivity contribution in [2.45, 2.75) is 25.4 Å².